The Balaban J connectivity index is 2.32. The number of pyridine rings is 1. The van der Waals surface area contributed by atoms with Crippen LogP contribution in [0.1, 0.15) is 43.8 Å². The van der Waals surface area contributed by atoms with Crippen LogP contribution in [-0.2, 0) is 0 Å². The van der Waals surface area contributed by atoms with Crippen LogP contribution in [0.5, 0.6) is 0 Å². The molecule has 0 amide bonds. The van der Waals surface area contributed by atoms with Crippen molar-refractivity contribution in [2.24, 2.45) is 0 Å². The average molecular weight is 337 g/mol. The van der Waals surface area contributed by atoms with Crippen molar-refractivity contribution in [2.75, 3.05) is 5.73 Å². The smallest absolute Gasteiger partial charge is 0.266 e. The summed E-state index contributed by atoms with van der Waals surface area (Å²) >= 11 is 3.37. The van der Waals surface area contributed by atoms with E-state index in [2.05, 4.69) is 25.9 Å². The van der Waals surface area contributed by atoms with Gasteiger partial charge in [-0.2, -0.15) is 4.98 Å². The fourth-order valence-corrected chi connectivity index (χ4v) is 3.44. The van der Waals surface area contributed by atoms with Gasteiger partial charge in [0.05, 0.1) is 10.2 Å². The van der Waals surface area contributed by atoms with E-state index in [9.17, 15) is 4.79 Å². The molecule has 1 aliphatic rings. The molecule has 1 fully saturated rings. The molecular weight excluding hydrogens is 320 g/mol. The fourth-order valence-electron chi connectivity index (χ4n) is 3.02. The third-order valence-electron chi connectivity index (χ3n) is 4.00. The predicted octanol–water partition coefficient (Wildman–Crippen LogP) is 2.95. The minimum absolute atomic E-state index is 0.0260. The van der Waals surface area contributed by atoms with Crippen LogP contribution >= 0.6 is 15.9 Å². The van der Waals surface area contributed by atoms with Crippen molar-refractivity contribution in [3.8, 4) is 0 Å². The molecule has 0 unspecified atom stereocenters. The van der Waals surface area contributed by atoms with E-state index in [1.165, 1.54) is 6.42 Å². The average Bonchev–Trinajstić information content (AvgIpc) is 2.42. The zero-order chi connectivity index (χ0) is 14.3. The van der Waals surface area contributed by atoms with Gasteiger partial charge in [-0.15, -0.1) is 0 Å². The van der Waals surface area contributed by atoms with E-state index in [1.54, 1.807) is 6.07 Å². The summed E-state index contributed by atoms with van der Waals surface area (Å²) in [6.45, 7) is 1.89. The molecule has 106 valence electrons. The first-order valence-corrected chi connectivity index (χ1v) is 7.72. The van der Waals surface area contributed by atoms with Crippen LogP contribution in [0.4, 0.5) is 5.95 Å². The first-order chi connectivity index (χ1) is 9.58. The number of aryl methyl sites for hydroxylation is 1. The second-order valence-electron chi connectivity index (χ2n) is 5.36. The maximum Gasteiger partial charge on any atom is 0.266 e. The molecule has 0 spiro atoms. The van der Waals surface area contributed by atoms with E-state index in [4.69, 9.17) is 5.73 Å². The first-order valence-electron chi connectivity index (χ1n) is 6.93. The van der Waals surface area contributed by atoms with E-state index in [1.807, 2.05) is 11.5 Å². The minimum Gasteiger partial charge on any atom is -0.368 e. The van der Waals surface area contributed by atoms with Crippen LogP contribution in [0.2, 0.25) is 0 Å². The lowest BCUT2D eigenvalue weighted by Crippen LogP contribution is -2.28. The maximum atomic E-state index is 12.5. The number of nitrogens with two attached hydrogens (primary N) is 1. The minimum atomic E-state index is -0.0260. The molecular formula is C14H17BrN4O. The van der Waals surface area contributed by atoms with Crippen molar-refractivity contribution in [1.29, 1.82) is 0 Å². The van der Waals surface area contributed by atoms with Gasteiger partial charge in [-0.3, -0.25) is 9.36 Å². The Bertz CT molecular complexity index is 719. The van der Waals surface area contributed by atoms with Crippen LogP contribution < -0.4 is 11.3 Å². The third kappa shape index (κ3) is 2.22. The molecule has 20 heavy (non-hydrogen) atoms. The molecule has 3 rings (SSSR count). The Labute approximate surface area is 125 Å². The largest absolute Gasteiger partial charge is 0.368 e. The normalized spacial score (nSPS) is 16.7. The van der Waals surface area contributed by atoms with Crippen molar-refractivity contribution >= 4 is 32.9 Å². The lowest BCUT2D eigenvalue weighted by Gasteiger charge is -2.25. The lowest BCUT2D eigenvalue weighted by molar-refractivity contribution is 0.352. The third-order valence-corrected chi connectivity index (χ3v) is 4.56. The number of hydrogen-bond acceptors (Lipinski definition) is 4. The number of nitrogens with zero attached hydrogens (tertiary/aromatic N) is 3. The summed E-state index contributed by atoms with van der Waals surface area (Å²) in [5, 5.41) is 0.885. The molecule has 5 nitrogen and oxygen atoms in total. The highest BCUT2D eigenvalue weighted by Crippen LogP contribution is 2.30. The Hall–Kier alpha value is -1.43. The van der Waals surface area contributed by atoms with E-state index >= 15 is 0 Å². The molecule has 2 N–H and O–H groups in total. The quantitative estimate of drug-likeness (QED) is 0.868. The maximum absolute atomic E-state index is 12.5. The van der Waals surface area contributed by atoms with Crippen LogP contribution in [-0.4, -0.2) is 14.5 Å². The summed E-state index contributed by atoms with van der Waals surface area (Å²) in [5.74, 6) is 0.223. The molecule has 2 aromatic heterocycles. The number of hydrogen-bond donors (Lipinski definition) is 1. The van der Waals surface area contributed by atoms with Crippen molar-refractivity contribution < 1.29 is 0 Å². The van der Waals surface area contributed by atoms with Gasteiger partial charge in [-0.1, -0.05) is 19.3 Å². The van der Waals surface area contributed by atoms with Crippen LogP contribution in [0.3, 0.4) is 0 Å². The van der Waals surface area contributed by atoms with Crippen molar-refractivity contribution in [1.82, 2.24) is 14.5 Å². The Morgan fingerprint density at radius 1 is 1.30 bits per heavy atom. The number of anilines is 1. The van der Waals surface area contributed by atoms with Gasteiger partial charge in [0, 0.05) is 11.4 Å². The van der Waals surface area contributed by atoms with Crippen molar-refractivity contribution in [2.45, 2.75) is 45.1 Å². The van der Waals surface area contributed by atoms with E-state index in [0.29, 0.717) is 10.1 Å². The van der Waals surface area contributed by atoms with Gasteiger partial charge in [-0.05, 0) is 41.8 Å². The number of nitrogen functional groups attached to an aromatic ring is 1. The number of fused-ring (bicyclic) bond motifs is 1. The van der Waals surface area contributed by atoms with Gasteiger partial charge in [0.2, 0.25) is 5.95 Å². The molecule has 0 atom stereocenters. The molecule has 1 saturated carbocycles. The van der Waals surface area contributed by atoms with E-state index in [-0.39, 0.29) is 17.5 Å². The second kappa shape index (κ2) is 5.16. The summed E-state index contributed by atoms with van der Waals surface area (Å²) in [6, 6.07) is 2.01. The highest BCUT2D eigenvalue weighted by molar-refractivity contribution is 9.10. The van der Waals surface area contributed by atoms with Crippen LogP contribution in [0.25, 0.3) is 11.0 Å². The Morgan fingerprint density at radius 2 is 2.00 bits per heavy atom. The molecule has 0 aliphatic heterocycles. The number of rotatable bonds is 1. The van der Waals surface area contributed by atoms with Gasteiger partial charge >= 0.3 is 0 Å². The van der Waals surface area contributed by atoms with Gasteiger partial charge in [0.15, 0.2) is 0 Å². The highest BCUT2D eigenvalue weighted by atomic mass is 79.9. The molecule has 6 heteroatoms. The predicted molar refractivity (Wildman–Crippen MR) is 82.8 cm³/mol. The molecule has 2 heterocycles. The van der Waals surface area contributed by atoms with Crippen LogP contribution in [0.15, 0.2) is 15.3 Å². The SMILES string of the molecule is Cc1nc(N)nc2c1cc(Br)c(=O)n2C1CCCCC1. The van der Waals surface area contributed by atoms with Gasteiger partial charge in [0.25, 0.3) is 5.56 Å². The molecule has 0 aromatic carbocycles. The Kier molecular flexibility index (Phi) is 3.50. The summed E-state index contributed by atoms with van der Waals surface area (Å²) in [7, 11) is 0. The molecule has 0 radical (unpaired) electrons. The summed E-state index contributed by atoms with van der Waals surface area (Å²) < 4.78 is 2.37. The standard InChI is InChI=1S/C14H17BrN4O/c1-8-10-7-11(15)13(20)19(9-5-3-2-4-6-9)12(10)18-14(16)17-8/h7,9H,2-6H2,1H3,(H2,16,17,18). The summed E-state index contributed by atoms with van der Waals surface area (Å²) in [5.41, 5.74) is 7.20. The zero-order valence-corrected chi connectivity index (χ0v) is 13.0. The topological polar surface area (TPSA) is 73.8 Å². The zero-order valence-electron chi connectivity index (χ0n) is 11.4. The van der Waals surface area contributed by atoms with E-state index in [0.717, 1.165) is 36.8 Å². The monoisotopic (exact) mass is 336 g/mol. The molecule has 0 bridgehead atoms. The Morgan fingerprint density at radius 3 is 2.70 bits per heavy atom. The van der Waals surface area contributed by atoms with E-state index < -0.39 is 0 Å². The fraction of sp³-hybridized carbons (Fsp3) is 0.500. The second-order valence-corrected chi connectivity index (χ2v) is 6.22. The van der Waals surface area contributed by atoms with Gasteiger partial charge in [0.1, 0.15) is 5.65 Å². The molecule has 0 saturated heterocycles. The highest BCUT2D eigenvalue weighted by Gasteiger charge is 2.21. The first kappa shape index (κ1) is 13.5. The lowest BCUT2D eigenvalue weighted by atomic mass is 9.95. The molecule has 2 aromatic rings. The summed E-state index contributed by atoms with van der Waals surface area (Å²) in [6.07, 6.45) is 5.60. The molecule has 1 aliphatic carbocycles. The van der Waals surface area contributed by atoms with Crippen LogP contribution in [0, 0.1) is 6.92 Å². The van der Waals surface area contributed by atoms with Crippen molar-refractivity contribution in [3.63, 3.8) is 0 Å². The number of halogens is 1. The van der Waals surface area contributed by atoms with Gasteiger partial charge < -0.3 is 5.73 Å². The number of aromatic nitrogens is 3. The van der Waals surface area contributed by atoms with Gasteiger partial charge in [-0.25, -0.2) is 4.98 Å². The summed E-state index contributed by atoms with van der Waals surface area (Å²) in [4.78, 5) is 21.0. The van der Waals surface area contributed by atoms with Crippen molar-refractivity contribution in [3.05, 3.63) is 26.6 Å².